The Hall–Kier alpha value is -1.66. The zero-order chi connectivity index (χ0) is 12.3. The minimum absolute atomic E-state index is 0.0404. The molecule has 0 saturated heterocycles. The Morgan fingerprint density at radius 1 is 1.47 bits per heavy atom. The van der Waals surface area contributed by atoms with Crippen molar-refractivity contribution in [3.63, 3.8) is 0 Å². The van der Waals surface area contributed by atoms with E-state index in [1.54, 1.807) is 13.3 Å². The zero-order valence-electron chi connectivity index (χ0n) is 9.01. The molecule has 0 saturated carbocycles. The summed E-state index contributed by atoms with van der Waals surface area (Å²) in [5.41, 5.74) is 0.703. The van der Waals surface area contributed by atoms with E-state index in [9.17, 15) is 5.11 Å². The van der Waals surface area contributed by atoms with Crippen molar-refractivity contribution in [2.75, 3.05) is 7.11 Å². The average molecular weight is 266 g/mol. The molecule has 2 aromatic rings. The number of hydrogen-bond donors (Lipinski definition) is 2. The van der Waals surface area contributed by atoms with E-state index in [2.05, 4.69) is 9.98 Å². The molecule has 0 aliphatic heterocycles. The number of para-hydroxylation sites is 2. The van der Waals surface area contributed by atoms with Gasteiger partial charge in [-0.15, -0.1) is 0 Å². The quantitative estimate of drug-likeness (QED) is 0.662. The molecule has 88 valence electrons. The first-order valence-corrected chi connectivity index (χ1v) is 6.02. The number of benzene rings is 1. The van der Waals surface area contributed by atoms with Crippen LogP contribution in [0.25, 0.3) is 0 Å². The molecule has 0 amide bonds. The van der Waals surface area contributed by atoms with Gasteiger partial charge >= 0.3 is 0 Å². The van der Waals surface area contributed by atoms with Crippen LogP contribution in [-0.4, -0.2) is 23.4 Å². The largest absolute Gasteiger partial charge is 0.494 e. The summed E-state index contributed by atoms with van der Waals surface area (Å²) in [5, 5.41) is 9.50. The van der Waals surface area contributed by atoms with Crippen molar-refractivity contribution in [3.8, 4) is 11.6 Å². The highest BCUT2D eigenvalue weighted by Gasteiger charge is 2.02. The van der Waals surface area contributed by atoms with E-state index in [4.69, 9.17) is 17.0 Å². The molecule has 4 nitrogen and oxygen atoms in total. The van der Waals surface area contributed by atoms with Gasteiger partial charge in [-0.3, -0.25) is 4.99 Å². The summed E-state index contributed by atoms with van der Waals surface area (Å²) < 4.78 is 5.69. The number of H-pyrrole nitrogens is 1. The van der Waals surface area contributed by atoms with Crippen LogP contribution < -0.4 is 4.74 Å². The van der Waals surface area contributed by atoms with Crippen molar-refractivity contribution >= 4 is 35.5 Å². The van der Waals surface area contributed by atoms with Crippen LogP contribution in [0, 0.1) is 3.95 Å². The summed E-state index contributed by atoms with van der Waals surface area (Å²) in [5.74, 6) is 0.723. The third kappa shape index (κ3) is 2.72. The number of ether oxygens (including phenoxy) is 1. The maximum atomic E-state index is 9.50. The van der Waals surface area contributed by atoms with Crippen LogP contribution in [0.15, 0.2) is 29.3 Å². The average Bonchev–Trinajstić information content (AvgIpc) is 2.65. The third-order valence-corrected chi connectivity index (χ3v) is 3.22. The van der Waals surface area contributed by atoms with Gasteiger partial charge in [0.05, 0.1) is 13.3 Å². The SMILES string of the molecule is COc1ccccc1N=Cc1sc(=S)[nH]c1O. The zero-order valence-corrected chi connectivity index (χ0v) is 10.6. The van der Waals surface area contributed by atoms with E-state index in [0.29, 0.717) is 20.3 Å². The molecular weight excluding hydrogens is 256 g/mol. The lowest BCUT2D eigenvalue weighted by Crippen LogP contribution is -1.83. The van der Waals surface area contributed by atoms with Gasteiger partial charge in [-0.25, -0.2) is 0 Å². The Kier molecular flexibility index (Phi) is 3.55. The summed E-state index contributed by atoms with van der Waals surface area (Å²) in [4.78, 5) is 7.49. The smallest absolute Gasteiger partial charge is 0.209 e. The molecular formula is C11H10N2O2S2. The molecule has 0 unspecified atom stereocenters. The van der Waals surface area contributed by atoms with Gasteiger partial charge in [0.25, 0.3) is 0 Å². The molecule has 0 aliphatic carbocycles. The number of nitrogens with one attached hydrogen (secondary N) is 1. The lowest BCUT2D eigenvalue weighted by molar-refractivity contribution is 0.416. The molecule has 1 aromatic heterocycles. The molecule has 1 aromatic carbocycles. The van der Waals surface area contributed by atoms with E-state index in [-0.39, 0.29) is 5.88 Å². The van der Waals surface area contributed by atoms with Crippen molar-refractivity contribution in [1.29, 1.82) is 0 Å². The standard InChI is InChI=1S/C11H10N2O2S2/c1-15-8-5-3-2-4-7(8)12-6-9-10(14)13-11(16)17-9/h2-6,14H,1H3,(H,13,16). The number of aromatic hydroxyl groups is 1. The fraction of sp³-hybridized carbons (Fsp3) is 0.0909. The van der Waals surface area contributed by atoms with Crippen LogP contribution in [0.2, 0.25) is 0 Å². The van der Waals surface area contributed by atoms with Gasteiger partial charge < -0.3 is 14.8 Å². The van der Waals surface area contributed by atoms with Crippen LogP contribution in [0.4, 0.5) is 5.69 Å². The number of aromatic nitrogens is 1. The van der Waals surface area contributed by atoms with Gasteiger partial charge in [-0.2, -0.15) is 0 Å². The number of nitrogens with zero attached hydrogens (tertiary/aromatic N) is 1. The Labute approximate surface area is 107 Å². The first kappa shape index (κ1) is 11.8. The molecule has 6 heteroatoms. The second-order valence-corrected chi connectivity index (χ2v) is 4.88. The molecule has 0 spiro atoms. The number of thiazole rings is 1. The number of aromatic amines is 1. The van der Waals surface area contributed by atoms with Crippen molar-refractivity contribution in [1.82, 2.24) is 4.98 Å². The highest BCUT2D eigenvalue weighted by Crippen LogP contribution is 2.27. The number of methoxy groups -OCH3 is 1. The first-order valence-electron chi connectivity index (χ1n) is 4.80. The van der Waals surface area contributed by atoms with Crippen LogP contribution in [-0.2, 0) is 0 Å². The summed E-state index contributed by atoms with van der Waals surface area (Å²) in [6.45, 7) is 0. The first-order chi connectivity index (χ1) is 8.20. The predicted octanol–water partition coefficient (Wildman–Crippen LogP) is 3.27. The van der Waals surface area contributed by atoms with E-state index in [1.807, 2.05) is 24.3 Å². The third-order valence-electron chi connectivity index (χ3n) is 2.06. The van der Waals surface area contributed by atoms with E-state index in [1.165, 1.54) is 11.3 Å². The maximum Gasteiger partial charge on any atom is 0.209 e. The van der Waals surface area contributed by atoms with Crippen LogP contribution >= 0.6 is 23.6 Å². The highest BCUT2D eigenvalue weighted by molar-refractivity contribution is 7.73. The minimum Gasteiger partial charge on any atom is -0.494 e. The summed E-state index contributed by atoms with van der Waals surface area (Å²) in [6.07, 6.45) is 1.56. The molecule has 2 N–H and O–H groups in total. The Bertz CT molecular complexity index is 602. The van der Waals surface area contributed by atoms with Gasteiger partial charge in [0.15, 0.2) is 3.95 Å². The lowest BCUT2D eigenvalue weighted by Gasteiger charge is -2.02. The molecule has 17 heavy (non-hydrogen) atoms. The second kappa shape index (κ2) is 5.11. The van der Waals surface area contributed by atoms with Crippen LogP contribution in [0.1, 0.15) is 4.88 Å². The predicted molar refractivity (Wildman–Crippen MR) is 71.4 cm³/mol. The monoisotopic (exact) mass is 266 g/mol. The molecule has 0 fully saturated rings. The maximum absolute atomic E-state index is 9.50. The lowest BCUT2D eigenvalue weighted by atomic mass is 10.3. The van der Waals surface area contributed by atoms with Gasteiger partial charge in [0, 0.05) is 0 Å². The summed E-state index contributed by atoms with van der Waals surface area (Å²) in [6, 6.07) is 7.40. The summed E-state index contributed by atoms with van der Waals surface area (Å²) in [7, 11) is 1.59. The summed E-state index contributed by atoms with van der Waals surface area (Å²) >= 11 is 6.18. The fourth-order valence-electron chi connectivity index (χ4n) is 1.28. The Morgan fingerprint density at radius 2 is 2.24 bits per heavy atom. The molecule has 2 rings (SSSR count). The van der Waals surface area contributed by atoms with Gasteiger partial charge in [-0.05, 0) is 24.4 Å². The van der Waals surface area contributed by atoms with Crippen LogP contribution in [0.5, 0.6) is 11.6 Å². The normalized spacial score (nSPS) is 10.9. The molecule has 1 heterocycles. The number of aliphatic imine (C=N–C) groups is 1. The van der Waals surface area contributed by atoms with Crippen molar-refractivity contribution in [3.05, 3.63) is 33.1 Å². The number of hydrogen-bond acceptors (Lipinski definition) is 5. The van der Waals surface area contributed by atoms with Gasteiger partial charge in [-0.1, -0.05) is 23.5 Å². The Morgan fingerprint density at radius 3 is 2.88 bits per heavy atom. The minimum atomic E-state index is 0.0404. The van der Waals surface area contributed by atoms with E-state index in [0.717, 1.165) is 0 Å². The molecule has 0 atom stereocenters. The fourth-order valence-corrected chi connectivity index (χ4v) is 2.25. The Balaban J connectivity index is 2.32. The molecule has 0 radical (unpaired) electrons. The topological polar surface area (TPSA) is 57.6 Å². The van der Waals surface area contributed by atoms with Crippen molar-refractivity contribution in [2.24, 2.45) is 4.99 Å². The van der Waals surface area contributed by atoms with Gasteiger partial charge in [0.1, 0.15) is 16.3 Å². The van der Waals surface area contributed by atoms with Crippen molar-refractivity contribution < 1.29 is 9.84 Å². The highest BCUT2D eigenvalue weighted by atomic mass is 32.1. The molecule has 0 bridgehead atoms. The van der Waals surface area contributed by atoms with Gasteiger partial charge in [0.2, 0.25) is 5.88 Å². The number of rotatable bonds is 3. The van der Waals surface area contributed by atoms with Crippen molar-refractivity contribution in [2.45, 2.75) is 0 Å². The van der Waals surface area contributed by atoms with E-state index >= 15 is 0 Å². The van der Waals surface area contributed by atoms with Crippen LogP contribution in [0.3, 0.4) is 0 Å². The molecule has 0 aliphatic rings. The second-order valence-electron chi connectivity index (χ2n) is 3.16. The van der Waals surface area contributed by atoms with E-state index < -0.39 is 0 Å².